The number of rotatable bonds is 4. The standard InChI is InChI=1S/C18H22ClF3N4OS/c1-9-5-4-6-14(10(9)2)23-16(27)11(3)28-17-25-24-15-13(19)7-12(8-26(15)17)18(20,21)22/h7-11,14H,4-6H2,1-3H3,(H,23,27)/t9-,10+,11+,14-/m1/s1. The van der Waals surface area contributed by atoms with Gasteiger partial charge >= 0.3 is 6.18 Å². The van der Waals surface area contributed by atoms with E-state index in [1.807, 2.05) is 0 Å². The smallest absolute Gasteiger partial charge is 0.352 e. The Hall–Kier alpha value is -1.48. The van der Waals surface area contributed by atoms with Crippen LogP contribution in [0.2, 0.25) is 5.02 Å². The van der Waals surface area contributed by atoms with E-state index in [0.717, 1.165) is 43.3 Å². The Bertz CT molecular complexity index is 872. The van der Waals surface area contributed by atoms with Crippen LogP contribution in [0.3, 0.4) is 0 Å². The molecule has 0 aliphatic heterocycles. The van der Waals surface area contributed by atoms with E-state index in [9.17, 15) is 18.0 Å². The van der Waals surface area contributed by atoms with Gasteiger partial charge in [0.1, 0.15) is 0 Å². The van der Waals surface area contributed by atoms with Gasteiger partial charge < -0.3 is 5.32 Å². The summed E-state index contributed by atoms with van der Waals surface area (Å²) in [5.41, 5.74) is -0.770. The van der Waals surface area contributed by atoms with Crippen LogP contribution in [0.4, 0.5) is 13.2 Å². The van der Waals surface area contributed by atoms with Crippen molar-refractivity contribution in [1.82, 2.24) is 19.9 Å². The number of hydrogen-bond donors (Lipinski definition) is 1. The molecule has 5 nitrogen and oxygen atoms in total. The maximum Gasteiger partial charge on any atom is 0.417 e. The van der Waals surface area contributed by atoms with E-state index in [1.165, 1.54) is 4.40 Å². The van der Waals surface area contributed by atoms with Gasteiger partial charge in [0, 0.05) is 12.2 Å². The summed E-state index contributed by atoms with van der Waals surface area (Å²) in [6.07, 6.45) is -0.468. The monoisotopic (exact) mass is 434 g/mol. The third-order valence-corrected chi connectivity index (χ3v) is 6.78. The molecule has 154 valence electrons. The van der Waals surface area contributed by atoms with Crippen molar-refractivity contribution in [3.8, 4) is 0 Å². The first-order chi connectivity index (χ1) is 13.1. The molecule has 0 saturated heterocycles. The van der Waals surface area contributed by atoms with Crippen molar-refractivity contribution in [3.63, 3.8) is 0 Å². The summed E-state index contributed by atoms with van der Waals surface area (Å²) < 4.78 is 40.4. The molecular weight excluding hydrogens is 413 g/mol. The molecule has 1 amide bonds. The van der Waals surface area contributed by atoms with Crippen molar-refractivity contribution in [3.05, 3.63) is 22.8 Å². The zero-order chi connectivity index (χ0) is 20.6. The number of alkyl halides is 3. The van der Waals surface area contributed by atoms with Crippen molar-refractivity contribution in [1.29, 1.82) is 0 Å². The summed E-state index contributed by atoms with van der Waals surface area (Å²) in [7, 11) is 0. The molecule has 3 rings (SSSR count). The van der Waals surface area contributed by atoms with E-state index in [4.69, 9.17) is 11.6 Å². The second-order valence-corrected chi connectivity index (χ2v) is 9.11. The Kier molecular flexibility index (Phi) is 6.14. The van der Waals surface area contributed by atoms with Gasteiger partial charge in [0.05, 0.1) is 15.8 Å². The summed E-state index contributed by atoms with van der Waals surface area (Å²) in [6, 6.07) is 0.933. The molecule has 1 saturated carbocycles. The number of nitrogens with one attached hydrogen (secondary N) is 1. The highest BCUT2D eigenvalue weighted by Crippen LogP contribution is 2.34. The van der Waals surface area contributed by atoms with Crippen molar-refractivity contribution in [2.75, 3.05) is 0 Å². The predicted molar refractivity (Wildman–Crippen MR) is 102 cm³/mol. The molecule has 10 heteroatoms. The van der Waals surface area contributed by atoms with Crippen molar-refractivity contribution in [2.45, 2.75) is 62.7 Å². The summed E-state index contributed by atoms with van der Waals surface area (Å²) in [5.74, 6) is 0.771. The van der Waals surface area contributed by atoms with Gasteiger partial charge in [0.15, 0.2) is 10.8 Å². The summed E-state index contributed by atoms with van der Waals surface area (Å²) in [4.78, 5) is 12.6. The number of thioether (sulfide) groups is 1. The lowest BCUT2D eigenvalue weighted by atomic mass is 9.78. The number of nitrogens with zero attached hydrogens (tertiary/aromatic N) is 3. The highest BCUT2D eigenvalue weighted by Gasteiger charge is 2.33. The number of carbonyl (C=O) groups excluding carboxylic acids is 1. The van der Waals surface area contributed by atoms with E-state index in [0.29, 0.717) is 11.8 Å². The average molecular weight is 435 g/mol. The normalized spacial score (nSPS) is 24.3. The second kappa shape index (κ2) is 8.10. The van der Waals surface area contributed by atoms with Crippen molar-refractivity contribution in [2.24, 2.45) is 11.8 Å². The van der Waals surface area contributed by atoms with Crippen molar-refractivity contribution < 1.29 is 18.0 Å². The SMILES string of the molecule is C[C@H]1[C@H](C)CCC[C@H]1NC(=O)[C@H](C)Sc1nnc2c(Cl)cc(C(F)(F)F)cn12. The lowest BCUT2D eigenvalue weighted by Crippen LogP contribution is -2.46. The molecule has 0 radical (unpaired) electrons. The van der Waals surface area contributed by atoms with Crippen LogP contribution < -0.4 is 5.32 Å². The number of aromatic nitrogens is 3. The van der Waals surface area contributed by atoms with Crippen LogP contribution >= 0.6 is 23.4 Å². The van der Waals surface area contributed by atoms with Gasteiger partial charge in [-0.25, -0.2) is 0 Å². The minimum Gasteiger partial charge on any atom is -0.352 e. The first-order valence-corrected chi connectivity index (χ1v) is 10.4. The van der Waals surface area contributed by atoms with Gasteiger partial charge in [-0.2, -0.15) is 13.2 Å². The maximum atomic E-state index is 13.1. The van der Waals surface area contributed by atoms with E-state index < -0.39 is 17.0 Å². The lowest BCUT2D eigenvalue weighted by Gasteiger charge is -2.35. The number of fused-ring (bicyclic) bond motifs is 1. The van der Waals surface area contributed by atoms with Crippen molar-refractivity contribution >= 4 is 34.9 Å². The molecule has 2 heterocycles. The highest BCUT2D eigenvalue weighted by atomic mass is 35.5. The van der Waals surface area contributed by atoms with E-state index in [1.54, 1.807) is 6.92 Å². The van der Waals surface area contributed by atoms with E-state index in [-0.39, 0.29) is 27.8 Å². The molecule has 0 unspecified atom stereocenters. The topological polar surface area (TPSA) is 59.3 Å². The Morgan fingerprint density at radius 2 is 2.07 bits per heavy atom. The van der Waals surface area contributed by atoms with Gasteiger partial charge in [-0.3, -0.25) is 9.20 Å². The van der Waals surface area contributed by atoms with Crippen LogP contribution in [0.25, 0.3) is 5.65 Å². The molecule has 2 aromatic rings. The number of carbonyl (C=O) groups is 1. The van der Waals surface area contributed by atoms with E-state index >= 15 is 0 Å². The van der Waals surface area contributed by atoms with Crippen LogP contribution in [0.1, 0.15) is 45.6 Å². The van der Waals surface area contributed by atoms with Gasteiger partial charge in [0.25, 0.3) is 0 Å². The fraction of sp³-hybridized carbons (Fsp3) is 0.611. The molecule has 1 aliphatic rings. The fourth-order valence-electron chi connectivity index (χ4n) is 3.47. The van der Waals surface area contributed by atoms with E-state index in [2.05, 4.69) is 29.4 Å². The predicted octanol–water partition coefficient (Wildman–Crippen LogP) is 4.82. The van der Waals surface area contributed by atoms with Gasteiger partial charge in [-0.05, 0) is 31.2 Å². The Morgan fingerprint density at radius 3 is 2.75 bits per heavy atom. The van der Waals surface area contributed by atoms with Crippen LogP contribution in [-0.4, -0.2) is 31.8 Å². The summed E-state index contributed by atoms with van der Waals surface area (Å²) in [6.45, 7) is 6.03. The number of halogens is 4. The average Bonchev–Trinajstić information content (AvgIpc) is 3.01. The van der Waals surface area contributed by atoms with Gasteiger partial charge in [0.2, 0.25) is 5.91 Å². The van der Waals surface area contributed by atoms with Crippen LogP contribution in [0, 0.1) is 11.8 Å². The van der Waals surface area contributed by atoms with Gasteiger partial charge in [-0.15, -0.1) is 10.2 Å². The molecule has 1 fully saturated rings. The Balaban J connectivity index is 1.76. The molecule has 0 aromatic carbocycles. The first-order valence-electron chi connectivity index (χ1n) is 9.16. The molecule has 1 aliphatic carbocycles. The lowest BCUT2D eigenvalue weighted by molar-refractivity contribution is -0.137. The molecule has 0 bridgehead atoms. The third kappa shape index (κ3) is 4.40. The molecule has 28 heavy (non-hydrogen) atoms. The second-order valence-electron chi connectivity index (χ2n) is 7.39. The minimum absolute atomic E-state index is 0.112. The zero-order valence-electron chi connectivity index (χ0n) is 15.8. The quantitative estimate of drug-likeness (QED) is 0.700. The number of pyridine rings is 1. The van der Waals surface area contributed by atoms with Crippen LogP contribution in [-0.2, 0) is 11.0 Å². The number of amides is 1. The van der Waals surface area contributed by atoms with Crippen LogP contribution in [0.5, 0.6) is 0 Å². The van der Waals surface area contributed by atoms with Gasteiger partial charge in [-0.1, -0.05) is 50.1 Å². The maximum absolute atomic E-state index is 13.1. The molecule has 0 spiro atoms. The highest BCUT2D eigenvalue weighted by molar-refractivity contribution is 8.00. The zero-order valence-corrected chi connectivity index (χ0v) is 17.3. The molecular formula is C18H22ClF3N4OS. The summed E-state index contributed by atoms with van der Waals surface area (Å²) >= 11 is 6.99. The first kappa shape index (κ1) is 21.2. The molecule has 2 aromatic heterocycles. The number of hydrogen-bond acceptors (Lipinski definition) is 4. The fourth-order valence-corrected chi connectivity index (χ4v) is 4.54. The Labute approximate surface area is 170 Å². The molecule has 4 atom stereocenters. The minimum atomic E-state index is -4.54. The summed E-state index contributed by atoms with van der Waals surface area (Å²) in [5, 5.41) is 10.4. The Morgan fingerprint density at radius 1 is 1.36 bits per heavy atom. The third-order valence-electron chi connectivity index (χ3n) is 5.44. The molecule has 1 N–H and O–H groups in total. The van der Waals surface area contributed by atoms with Crippen LogP contribution in [0.15, 0.2) is 17.4 Å². The largest absolute Gasteiger partial charge is 0.417 e.